The molecule has 0 aliphatic carbocycles. The van der Waals surface area contributed by atoms with Crippen molar-refractivity contribution in [3.63, 3.8) is 0 Å². The lowest BCUT2D eigenvalue weighted by Crippen LogP contribution is -2.40. The van der Waals surface area contributed by atoms with Crippen LogP contribution in [0.25, 0.3) is 0 Å². The van der Waals surface area contributed by atoms with E-state index in [1.807, 2.05) is 0 Å². The monoisotopic (exact) mass is 274 g/mol. The van der Waals surface area contributed by atoms with E-state index < -0.39 is 0 Å². The maximum absolute atomic E-state index is 6.06. The molecule has 20 heavy (non-hydrogen) atoms. The van der Waals surface area contributed by atoms with Crippen LogP contribution in [-0.4, -0.2) is 24.5 Å². The molecule has 1 fully saturated rings. The van der Waals surface area contributed by atoms with Crippen molar-refractivity contribution in [2.24, 2.45) is 17.6 Å². The second kappa shape index (κ2) is 7.24. The van der Waals surface area contributed by atoms with Crippen LogP contribution in [0.15, 0.2) is 24.3 Å². The quantitative estimate of drug-likeness (QED) is 0.888. The number of benzene rings is 1. The average Bonchev–Trinajstić information content (AvgIpc) is 2.41. The minimum absolute atomic E-state index is 0.394. The van der Waals surface area contributed by atoms with Crippen LogP contribution in [0.5, 0.6) is 0 Å². The molecule has 0 aromatic heterocycles. The normalized spacial score (nSPS) is 22.1. The molecule has 1 heterocycles. The minimum atomic E-state index is 0.394. The standard InChI is InChI=1S/C18H30N2/c1-14(2)11-16-6-8-17(9-7-16)18(12-19)20-10-4-5-15(3)13-20/h6-9,14-15,18H,4-5,10-13,19H2,1-3H3. The summed E-state index contributed by atoms with van der Waals surface area (Å²) in [6, 6.07) is 9.53. The van der Waals surface area contributed by atoms with Crippen molar-refractivity contribution in [1.29, 1.82) is 0 Å². The molecule has 112 valence electrons. The minimum Gasteiger partial charge on any atom is -0.329 e. The number of hydrogen-bond donors (Lipinski definition) is 1. The Kier molecular flexibility index (Phi) is 5.62. The molecule has 1 saturated heterocycles. The molecule has 1 aromatic rings. The number of nitrogens with two attached hydrogens (primary N) is 1. The van der Waals surface area contributed by atoms with Crippen LogP contribution in [0.4, 0.5) is 0 Å². The third-order valence-electron chi connectivity index (χ3n) is 4.36. The fourth-order valence-electron chi connectivity index (χ4n) is 3.35. The van der Waals surface area contributed by atoms with E-state index in [1.165, 1.54) is 37.1 Å². The summed E-state index contributed by atoms with van der Waals surface area (Å²) in [6.45, 7) is 9.99. The maximum Gasteiger partial charge on any atom is 0.0470 e. The lowest BCUT2D eigenvalue weighted by molar-refractivity contribution is 0.133. The summed E-state index contributed by atoms with van der Waals surface area (Å²) in [7, 11) is 0. The Balaban J connectivity index is 2.07. The van der Waals surface area contributed by atoms with Crippen LogP contribution in [0, 0.1) is 11.8 Å². The molecule has 2 atom stereocenters. The summed E-state index contributed by atoms with van der Waals surface area (Å²) in [5.74, 6) is 1.52. The zero-order valence-corrected chi connectivity index (χ0v) is 13.3. The number of hydrogen-bond acceptors (Lipinski definition) is 2. The highest BCUT2D eigenvalue weighted by molar-refractivity contribution is 5.26. The van der Waals surface area contributed by atoms with Gasteiger partial charge in [0.2, 0.25) is 0 Å². The Morgan fingerprint density at radius 3 is 2.50 bits per heavy atom. The largest absolute Gasteiger partial charge is 0.329 e. The first-order valence-corrected chi connectivity index (χ1v) is 8.13. The van der Waals surface area contributed by atoms with Gasteiger partial charge >= 0.3 is 0 Å². The molecule has 1 aromatic carbocycles. The summed E-state index contributed by atoms with van der Waals surface area (Å²) in [6.07, 6.45) is 3.83. The maximum atomic E-state index is 6.06. The van der Waals surface area contributed by atoms with Crippen molar-refractivity contribution < 1.29 is 0 Å². The summed E-state index contributed by atoms with van der Waals surface area (Å²) in [4.78, 5) is 2.58. The van der Waals surface area contributed by atoms with Crippen molar-refractivity contribution in [3.05, 3.63) is 35.4 Å². The van der Waals surface area contributed by atoms with E-state index in [0.29, 0.717) is 12.0 Å². The van der Waals surface area contributed by atoms with Gasteiger partial charge in [0.1, 0.15) is 0 Å². The van der Waals surface area contributed by atoms with Crippen molar-refractivity contribution in [1.82, 2.24) is 4.90 Å². The van der Waals surface area contributed by atoms with Gasteiger partial charge in [0.25, 0.3) is 0 Å². The molecule has 2 N–H and O–H groups in total. The number of likely N-dealkylation sites (tertiary alicyclic amines) is 1. The van der Waals surface area contributed by atoms with E-state index in [-0.39, 0.29) is 0 Å². The second-order valence-corrected chi connectivity index (χ2v) is 6.83. The van der Waals surface area contributed by atoms with E-state index in [0.717, 1.165) is 18.9 Å². The zero-order valence-electron chi connectivity index (χ0n) is 13.3. The Bertz CT molecular complexity index is 396. The summed E-state index contributed by atoms with van der Waals surface area (Å²) in [5.41, 5.74) is 8.88. The molecule has 2 rings (SSSR count). The topological polar surface area (TPSA) is 29.3 Å². The van der Waals surface area contributed by atoms with E-state index in [2.05, 4.69) is 49.9 Å². The van der Waals surface area contributed by atoms with Gasteiger partial charge in [-0.3, -0.25) is 4.90 Å². The van der Waals surface area contributed by atoms with Crippen molar-refractivity contribution in [2.75, 3.05) is 19.6 Å². The fraction of sp³-hybridized carbons (Fsp3) is 0.667. The molecule has 1 aliphatic rings. The van der Waals surface area contributed by atoms with Crippen LogP contribution in [0.1, 0.15) is 50.8 Å². The van der Waals surface area contributed by atoms with Crippen LogP contribution < -0.4 is 5.73 Å². The predicted molar refractivity (Wildman–Crippen MR) is 86.8 cm³/mol. The van der Waals surface area contributed by atoms with Gasteiger partial charge in [0.15, 0.2) is 0 Å². The van der Waals surface area contributed by atoms with E-state index in [1.54, 1.807) is 0 Å². The molecular weight excluding hydrogens is 244 g/mol. The highest BCUT2D eigenvalue weighted by atomic mass is 15.2. The van der Waals surface area contributed by atoms with Gasteiger partial charge in [-0.05, 0) is 48.8 Å². The van der Waals surface area contributed by atoms with E-state index >= 15 is 0 Å². The number of nitrogens with zero attached hydrogens (tertiary/aromatic N) is 1. The van der Waals surface area contributed by atoms with Gasteiger partial charge < -0.3 is 5.73 Å². The van der Waals surface area contributed by atoms with Crippen LogP contribution in [-0.2, 0) is 6.42 Å². The van der Waals surface area contributed by atoms with Gasteiger partial charge in [-0.25, -0.2) is 0 Å². The summed E-state index contributed by atoms with van der Waals surface area (Å²) in [5, 5.41) is 0. The second-order valence-electron chi connectivity index (χ2n) is 6.83. The Hall–Kier alpha value is -0.860. The van der Waals surface area contributed by atoms with E-state index in [9.17, 15) is 0 Å². The Morgan fingerprint density at radius 1 is 1.25 bits per heavy atom. The van der Waals surface area contributed by atoms with Crippen molar-refractivity contribution >= 4 is 0 Å². The average molecular weight is 274 g/mol. The smallest absolute Gasteiger partial charge is 0.0470 e. The highest BCUT2D eigenvalue weighted by Gasteiger charge is 2.23. The first-order valence-electron chi connectivity index (χ1n) is 8.13. The predicted octanol–water partition coefficient (Wildman–Crippen LogP) is 3.62. The SMILES string of the molecule is CC(C)Cc1ccc(C(CN)N2CCCC(C)C2)cc1. The molecule has 2 nitrogen and oxygen atoms in total. The molecule has 0 bridgehead atoms. The lowest BCUT2D eigenvalue weighted by atomic mass is 9.95. The molecule has 0 amide bonds. The Morgan fingerprint density at radius 2 is 1.95 bits per heavy atom. The molecule has 2 unspecified atom stereocenters. The lowest BCUT2D eigenvalue weighted by Gasteiger charge is -2.37. The van der Waals surface area contributed by atoms with Gasteiger partial charge in [0, 0.05) is 19.1 Å². The third-order valence-corrected chi connectivity index (χ3v) is 4.36. The molecule has 0 saturated carbocycles. The zero-order chi connectivity index (χ0) is 14.5. The number of rotatable bonds is 5. The number of piperidine rings is 1. The van der Waals surface area contributed by atoms with Crippen LogP contribution in [0.3, 0.4) is 0 Å². The summed E-state index contributed by atoms with van der Waals surface area (Å²) < 4.78 is 0. The fourth-order valence-corrected chi connectivity index (χ4v) is 3.35. The van der Waals surface area contributed by atoms with Crippen molar-refractivity contribution in [3.8, 4) is 0 Å². The molecule has 0 radical (unpaired) electrons. The van der Waals surface area contributed by atoms with Crippen molar-refractivity contribution in [2.45, 2.75) is 46.1 Å². The van der Waals surface area contributed by atoms with Gasteiger partial charge in [-0.1, -0.05) is 45.0 Å². The first-order chi connectivity index (χ1) is 9.60. The Labute approximate surface area is 124 Å². The third kappa shape index (κ3) is 4.07. The molecule has 0 spiro atoms. The highest BCUT2D eigenvalue weighted by Crippen LogP contribution is 2.26. The van der Waals surface area contributed by atoms with E-state index in [4.69, 9.17) is 5.73 Å². The molecule has 2 heteroatoms. The van der Waals surface area contributed by atoms with Gasteiger partial charge in [-0.15, -0.1) is 0 Å². The first kappa shape index (κ1) is 15.5. The molecular formula is C18H30N2. The van der Waals surface area contributed by atoms with Gasteiger partial charge in [-0.2, -0.15) is 0 Å². The van der Waals surface area contributed by atoms with Crippen LogP contribution in [0.2, 0.25) is 0 Å². The van der Waals surface area contributed by atoms with Gasteiger partial charge in [0.05, 0.1) is 0 Å². The molecule has 1 aliphatic heterocycles. The van der Waals surface area contributed by atoms with Crippen LogP contribution >= 0.6 is 0 Å². The summed E-state index contributed by atoms with van der Waals surface area (Å²) >= 11 is 0.